The number of halogens is 2. The number of hydrogen-bond donors (Lipinski definition) is 1. The molecule has 1 aromatic rings. The second-order valence-corrected chi connectivity index (χ2v) is 6.05. The van der Waals surface area contributed by atoms with E-state index >= 15 is 0 Å². The van der Waals surface area contributed by atoms with Gasteiger partial charge in [0.1, 0.15) is 0 Å². The van der Waals surface area contributed by atoms with Gasteiger partial charge in [-0.15, -0.1) is 12.4 Å². The third-order valence-corrected chi connectivity index (χ3v) is 4.24. The largest absolute Gasteiger partial charge is 0.334 e. The van der Waals surface area contributed by atoms with Crippen LogP contribution in [0.3, 0.4) is 0 Å². The van der Waals surface area contributed by atoms with Crippen LogP contribution in [0.25, 0.3) is 0 Å². The van der Waals surface area contributed by atoms with Crippen LogP contribution in [-0.2, 0) is 4.79 Å². The summed E-state index contributed by atoms with van der Waals surface area (Å²) in [5.41, 5.74) is 7.18. The summed E-state index contributed by atoms with van der Waals surface area (Å²) in [5.74, 6) is 0.104. The molecule has 112 valence electrons. The molecule has 1 saturated heterocycles. The summed E-state index contributed by atoms with van der Waals surface area (Å²) in [4.78, 5) is 14.3. The Kier molecular flexibility index (Phi) is 7.00. The van der Waals surface area contributed by atoms with Gasteiger partial charge in [0.05, 0.1) is 12.1 Å². The van der Waals surface area contributed by atoms with Gasteiger partial charge in [0.15, 0.2) is 0 Å². The number of nitrogens with zero attached hydrogens (tertiary/aromatic N) is 1. The van der Waals surface area contributed by atoms with Gasteiger partial charge in [-0.05, 0) is 37.0 Å². The quantitative estimate of drug-likeness (QED) is 0.889. The first-order chi connectivity index (χ1) is 9.13. The molecule has 1 aliphatic rings. The predicted molar refractivity (Wildman–Crippen MR) is 88.0 cm³/mol. The maximum absolute atomic E-state index is 12.4. The van der Waals surface area contributed by atoms with Crippen LogP contribution in [0.1, 0.15) is 44.2 Å². The van der Waals surface area contributed by atoms with Gasteiger partial charge in [-0.3, -0.25) is 4.79 Å². The number of nitrogens with two attached hydrogens (primary N) is 1. The van der Waals surface area contributed by atoms with Gasteiger partial charge >= 0.3 is 0 Å². The van der Waals surface area contributed by atoms with Crippen LogP contribution in [0, 0.1) is 0 Å². The smallest absolute Gasteiger partial charge is 0.239 e. The zero-order valence-electron chi connectivity index (χ0n) is 11.7. The molecule has 1 aromatic carbocycles. The summed E-state index contributed by atoms with van der Waals surface area (Å²) >= 11 is 3.44. The normalized spacial score (nSPS) is 19.6. The maximum Gasteiger partial charge on any atom is 0.239 e. The molecular formula is C15H22BrClN2O. The van der Waals surface area contributed by atoms with E-state index in [1.807, 2.05) is 17.0 Å². The van der Waals surface area contributed by atoms with Crippen LogP contribution in [0.4, 0.5) is 0 Å². The van der Waals surface area contributed by atoms with Crippen molar-refractivity contribution >= 4 is 34.2 Å². The topological polar surface area (TPSA) is 46.3 Å². The van der Waals surface area contributed by atoms with E-state index in [9.17, 15) is 4.79 Å². The molecule has 1 amide bonds. The van der Waals surface area contributed by atoms with Gasteiger partial charge in [0, 0.05) is 11.0 Å². The molecule has 1 fully saturated rings. The van der Waals surface area contributed by atoms with Gasteiger partial charge in [-0.2, -0.15) is 0 Å². The molecule has 20 heavy (non-hydrogen) atoms. The average Bonchev–Trinajstić information content (AvgIpc) is 2.88. The SMILES string of the molecule is CCCC(N)C(=O)N1CCCC1c1ccc(Br)cc1.Cl. The van der Waals surface area contributed by atoms with E-state index < -0.39 is 0 Å². The first-order valence-electron chi connectivity index (χ1n) is 6.95. The molecule has 2 rings (SSSR count). The molecule has 0 aliphatic carbocycles. The van der Waals surface area contributed by atoms with E-state index in [2.05, 4.69) is 35.0 Å². The third-order valence-electron chi connectivity index (χ3n) is 3.71. The van der Waals surface area contributed by atoms with E-state index in [4.69, 9.17) is 5.73 Å². The van der Waals surface area contributed by atoms with Gasteiger partial charge in [0.25, 0.3) is 0 Å². The standard InChI is InChI=1S/C15H21BrN2O.ClH/c1-2-4-13(17)15(19)18-10-3-5-14(18)11-6-8-12(16)9-7-11;/h6-9,13-14H,2-5,10,17H2,1H3;1H. The molecule has 1 heterocycles. The molecule has 2 unspecified atom stereocenters. The molecule has 1 aliphatic heterocycles. The number of hydrogen-bond acceptors (Lipinski definition) is 2. The summed E-state index contributed by atoms with van der Waals surface area (Å²) in [6.07, 6.45) is 3.81. The fourth-order valence-corrected chi connectivity index (χ4v) is 2.97. The molecule has 0 aromatic heterocycles. The Balaban J connectivity index is 0.00000200. The third kappa shape index (κ3) is 3.96. The molecular weight excluding hydrogens is 340 g/mol. The van der Waals surface area contributed by atoms with Crippen molar-refractivity contribution in [3.05, 3.63) is 34.3 Å². The number of amides is 1. The van der Waals surface area contributed by atoms with Crippen LogP contribution < -0.4 is 5.73 Å². The highest BCUT2D eigenvalue weighted by Gasteiger charge is 2.32. The minimum absolute atomic E-state index is 0. The number of benzene rings is 1. The van der Waals surface area contributed by atoms with Crippen LogP contribution in [-0.4, -0.2) is 23.4 Å². The summed E-state index contributed by atoms with van der Waals surface area (Å²) in [6.45, 7) is 2.89. The van der Waals surface area contributed by atoms with Crippen molar-refractivity contribution in [2.75, 3.05) is 6.54 Å². The van der Waals surface area contributed by atoms with Crippen molar-refractivity contribution in [2.45, 2.75) is 44.7 Å². The number of carbonyl (C=O) groups excluding carboxylic acids is 1. The lowest BCUT2D eigenvalue weighted by Crippen LogP contribution is -2.43. The summed E-state index contributed by atoms with van der Waals surface area (Å²) in [7, 11) is 0. The molecule has 0 saturated carbocycles. The summed E-state index contributed by atoms with van der Waals surface area (Å²) in [6, 6.07) is 8.09. The zero-order valence-corrected chi connectivity index (χ0v) is 14.1. The number of rotatable bonds is 4. The molecule has 2 N–H and O–H groups in total. The monoisotopic (exact) mass is 360 g/mol. The second kappa shape index (κ2) is 8.01. The molecule has 3 nitrogen and oxygen atoms in total. The van der Waals surface area contributed by atoms with E-state index in [1.54, 1.807) is 0 Å². The molecule has 2 atom stereocenters. The lowest BCUT2D eigenvalue weighted by atomic mass is 10.0. The first-order valence-corrected chi connectivity index (χ1v) is 7.74. The van der Waals surface area contributed by atoms with Gasteiger partial charge in [-0.25, -0.2) is 0 Å². The highest BCUT2D eigenvalue weighted by atomic mass is 79.9. The Labute approximate surface area is 135 Å². The van der Waals surface area contributed by atoms with Gasteiger partial charge in [-0.1, -0.05) is 41.4 Å². The fourth-order valence-electron chi connectivity index (χ4n) is 2.71. The molecule has 0 spiro atoms. The van der Waals surface area contributed by atoms with Crippen LogP contribution in [0.15, 0.2) is 28.7 Å². The minimum Gasteiger partial charge on any atom is -0.334 e. The lowest BCUT2D eigenvalue weighted by molar-refractivity contribution is -0.133. The fraction of sp³-hybridized carbons (Fsp3) is 0.533. The molecule has 0 bridgehead atoms. The Morgan fingerprint density at radius 1 is 1.45 bits per heavy atom. The van der Waals surface area contributed by atoms with Crippen LogP contribution in [0.5, 0.6) is 0 Å². The van der Waals surface area contributed by atoms with Gasteiger partial charge < -0.3 is 10.6 Å². The van der Waals surface area contributed by atoms with Crippen LogP contribution >= 0.6 is 28.3 Å². The summed E-state index contributed by atoms with van der Waals surface area (Å²) in [5, 5.41) is 0. The minimum atomic E-state index is -0.346. The maximum atomic E-state index is 12.4. The van der Waals surface area contributed by atoms with E-state index in [0.717, 1.165) is 36.7 Å². The first kappa shape index (κ1) is 17.5. The average molecular weight is 362 g/mol. The van der Waals surface area contributed by atoms with E-state index in [1.165, 1.54) is 5.56 Å². The second-order valence-electron chi connectivity index (χ2n) is 5.14. The number of carbonyl (C=O) groups is 1. The van der Waals surface area contributed by atoms with Crippen molar-refractivity contribution in [3.8, 4) is 0 Å². The molecule has 5 heteroatoms. The highest BCUT2D eigenvalue weighted by Crippen LogP contribution is 2.33. The zero-order chi connectivity index (χ0) is 13.8. The Morgan fingerprint density at radius 3 is 2.70 bits per heavy atom. The summed E-state index contributed by atoms with van der Waals surface area (Å²) < 4.78 is 1.06. The van der Waals surface area contributed by atoms with E-state index in [0.29, 0.717) is 0 Å². The predicted octanol–water partition coefficient (Wildman–Crippen LogP) is 3.66. The van der Waals surface area contributed by atoms with Crippen molar-refractivity contribution < 1.29 is 4.79 Å². The Morgan fingerprint density at radius 2 is 2.10 bits per heavy atom. The van der Waals surface area contributed by atoms with Gasteiger partial charge in [0.2, 0.25) is 5.91 Å². The van der Waals surface area contributed by atoms with E-state index in [-0.39, 0.29) is 30.4 Å². The molecule has 0 radical (unpaired) electrons. The highest BCUT2D eigenvalue weighted by molar-refractivity contribution is 9.10. The lowest BCUT2D eigenvalue weighted by Gasteiger charge is -2.27. The van der Waals surface area contributed by atoms with Crippen molar-refractivity contribution in [2.24, 2.45) is 5.73 Å². The number of likely N-dealkylation sites (tertiary alicyclic amines) is 1. The van der Waals surface area contributed by atoms with Crippen molar-refractivity contribution in [1.29, 1.82) is 0 Å². The van der Waals surface area contributed by atoms with Crippen LogP contribution in [0.2, 0.25) is 0 Å². The Bertz CT molecular complexity index is 438. The Hall–Kier alpha value is -0.580. The van der Waals surface area contributed by atoms with Crippen molar-refractivity contribution in [1.82, 2.24) is 4.90 Å². The van der Waals surface area contributed by atoms with Crippen molar-refractivity contribution in [3.63, 3.8) is 0 Å².